The number of carbonyl (C=O) groups is 1. The molecule has 1 heterocycles. The van der Waals surface area contributed by atoms with Gasteiger partial charge in [-0.15, -0.1) is 0 Å². The number of rotatable bonds is 2. The number of hydrogen-bond acceptors (Lipinski definition) is 6. The van der Waals surface area contributed by atoms with Crippen molar-refractivity contribution in [3.05, 3.63) is 23.3 Å². The highest BCUT2D eigenvalue weighted by molar-refractivity contribution is 6.62. The van der Waals surface area contributed by atoms with Gasteiger partial charge in [0.1, 0.15) is 5.75 Å². The van der Waals surface area contributed by atoms with Crippen LogP contribution in [0.15, 0.2) is 12.1 Å². The van der Waals surface area contributed by atoms with Crippen molar-refractivity contribution in [3.63, 3.8) is 0 Å². The molecule has 2 atom stereocenters. The van der Waals surface area contributed by atoms with Crippen LogP contribution in [0.4, 0.5) is 0 Å². The normalized spacial score (nSPS) is 26.6. The first-order chi connectivity index (χ1) is 8.45. The third-order valence-electron chi connectivity index (χ3n) is 3.66. The van der Waals surface area contributed by atoms with Gasteiger partial charge >= 0.3 is 6.75 Å². The number of ether oxygens (including phenoxy) is 1. The fourth-order valence-corrected chi connectivity index (χ4v) is 2.68. The second-order valence-corrected chi connectivity index (χ2v) is 4.73. The molecule has 6 nitrogen and oxygen atoms in total. The van der Waals surface area contributed by atoms with Crippen LogP contribution in [0, 0.1) is 0 Å². The van der Waals surface area contributed by atoms with E-state index in [1.165, 1.54) is 13.2 Å². The Morgan fingerprint density at radius 2 is 2.28 bits per heavy atom. The van der Waals surface area contributed by atoms with Crippen LogP contribution in [0.1, 0.15) is 28.3 Å². The third-order valence-corrected chi connectivity index (χ3v) is 3.66. The summed E-state index contributed by atoms with van der Waals surface area (Å²) in [6.07, 6.45) is 0.582. The summed E-state index contributed by atoms with van der Waals surface area (Å²) in [5, 5.41) is 30.6. The molecular weight excluding hydrogens is 239 g/mol. The van der Waals surface area contributed by atoms with E-state index >= 15 is 0 Å². The molecular formula is C11H11BO6-2. The summed E-state index contributed by atoms with van der Waals surface area (Å²) in [6, 6.07) is 3.22. The largest absolute Gasteiger partial charge is 0.669 e. The summed E-state index contributed by atoms with van der Waals surface area (Å²) in [6.45, 7) is -3.00. The van der Waals surface area contributed by atoms with Gasteiger partial charge in [-0.3, -0.25) is 0 Å². The van der Waals surface area contributed by atoms with Crippen molar-refractivity contribution in [2.75, 3.05) is 7.11 Å². The van der Waals surface area contributed by atoms with E-state index in [2.05, 4.69) is 0 Å². The Balaban J connectivity index is 2.20. The van der Waals surface area contributed by atoms with Gasteiger partial charge < -0.3 is 29.3 Å². The number of carboxylic acid groups (broad SMARTS) is 1. The molecule has 0 saturated heterocycles. The number of aromatic carboxylic acids is 1. The van der Waals surface area contributed by atoms with Gasteiger partial charge in [-0.2, -0.15) is 0 Å². The fourth-order valence-electron chi connectivity index (χ4n) is 2.68. The van der Waals surface area contributed by atoms with Gasteiger partial charge in [0.05, 0.1) is 24.4 Å². The van der Waals surface area contributed by atoms with Crippen LogP contribution in [0.25, 0.3) is 0 Å². The molecule has 2 N–H and O–H groups in total. The fraction of sp³-hybridized carbons (Fsp3) is 0.364. The first-order valence-corrected chi connectivity index (χ1v) is 5.66. The van der Waals surface area contributed by atoms with Gasteiger partial charge in [-0.1, -0.05) is 18.3 Å². The molecule has 7 heteroatoms. The van der Waals surface area contributed by atoms with Crippen LogP contribution >= 0.6 is 0 Å². The quantitative estimate of drug-likeness (QED) is 0.669. The van der Waals surface area contributed by atoms with Crippen molar-refractivity contribution in [1.82, 2.24) is 0 Å². The van der Waals surface area contributed by atoms with Crippen LogP contribution in [-0.4, -0.2) is 29.9 Å². The van der Waals surface area contributed by atoms with E-state index in [-0.39, 0.29) is 28.8 Å². The number of carboxylic acids is 1. The number of carbonyl (C=O) groups excluding carboxylic acids is 1. The lowest BCUT2D eigenvalue weighted by atomic mass is 9.68. The van der Waals surface area contributed by atoms with Gasteiger partial charge in [0, 0.05) is 0 Å². The highest BCUT2D eigenvalue weighted by Gasteiger charge is 2.55. The van der Waals surface area contributed by atoms with Gasteiger partial charge in [-0.25, -0.2) is 0 Å². The molecule has 1 aliphatic heterocycles. The summed E-state index contributed by atoms with van der Waals surface area (Å²) in [5.74, 6) is -1.83. The predicted molar refractivity (Wildman–Crippen MR) is 59.3 cm³/mol. The molecule has 0 amide bonds. The van der Waals surface area contributed by atoms with Gasteiger partial charge in [0.25, 0.3) is 0 Å². The van der Waals surface area contributed by atoms with E-state index in [9.17, 15) is 19.9 Å². The maximum atomic E-state index is 11.2. The summed E-state index contributed by atoms with van der Waals surface area (Å²) < 4.78 is 10.0. The molecule has 1 aromatic carbocycles. The number of fused-ring (bicyclic) bond motifs is 3. The second-order valence-electron chi connectivity index (χ2n) is 4.73. The first-order valence-electron chi connectivity index (χ1n) is 5.66. The summed E-state index contributed by atoms with van der Waals surface area (Å²) >= 11 is 0. The molecule has 0 aromatic heterocycles. The smallest absolute Gasteiger partial charge is 0.434 e. The average Bonchev–Trinajstić information content (AvgIpc) is 3.07. The molecule has 1 aliphatic carbocycles. The van der Waals surface area contributed by atoms with Gasteiger partial charge in [-0.05, 0) is 17.5 Å². The lowest BCUT2D eigenvalue weighted by molar-refractivity contribution is -0.255. The zero-order valence-electron chi connectivity index (χ0n) is 9.62. The Kier molecular flexibility index (Phi) is 2.15. The van der Waals surface area contributed by atoms with Crippen molar-refractivity contribution in [2.45, 2.75) is 18.2 Å². The molecule has 2 aliphatic rings. The third kappa shape index (κ3) is 1.41. The van der Waals surface area contributed by atoms with Gasteiger partial charge in [0.2, 0.25) is 0 Å². The van der Waals surface area contributed by atoms with E-state index in [4.69, 9.17) is 9.39 Å². The molecule has 18 heavy (non-hydrogen) atoms. The molecule has 3 rings (SSSR count). The molecule has 0 radical (unpaired) electrons. The van der Waals surface area contributed by atoms with E-state index in [0.717, 1.165) is 0 Å². The summed E-state index contributed by atoms with van der Waals surface area (Å²) in [5.41, 5.74) is 0.398. The van der Waals surface area contributed by atoms with Crippen LogP contribution < -0.4 is 14.5 Å². The SMILES string of the molecule is COc1ccc2c(c1C(=O)[O-])O[B-](O)(O)[C@@H]1C[C@H]21. The van der Waals surface area contributed by atoms with E-state index in [1.54, 1.807) is 6.07 Å². The Morgan fingerprint density at radius 3 is 2.89 bits per heavy atom. The highest BCUT2D eigenvalue weighted by atomic mass is 16.6. The zero-order valence-corrected chi connectivity index (χ0v) is 9.62. The minimum Gasteiger partial charge on any atom is -0.669 e. The lowest BCUT2D eigenvalue weighted by Gasteiger charge is -2.37. The van der Waals surface area contributed by atoms with E-state index in [1.807, 2.05) is 0 Å². The Bertz CT molecular complexity index is 541. The van der Waals surface area contributed by atoms with E-state index in [0.29, 0.717) is 12.0 Å². The van der Waals surface area contributed by atoms with Crippen LogP contribution in [-0.2, 0) is 0 Å². The van der Waals surface area contributed by atoms with Gasteiger partial charge in [0.15, 0.2) is 0 Å². The monoisotopic (exact) mass is 250 g/mol. The number of methoxy groups -OCH3 is 1. The molecule has 1 fully saturated rings. The van der Waals surface area contributed by atoms with Crippen LogP contribution in [0.5, 0.6) is 11.5 Å². The summed E-state index contributed by atoms with van der Waals surface area (Å²) in [7, 11) is 1.33. The van der Waals surface area contributed by atoms with Crippen molar-refractivity contribution < 1.29 is 29.3 Å². The van der Waals surface area contributed by atoms with Crippen molar-refractivity contribution in [2.24, 2.45) is 0 Å². The molecule has 1 saturated carbocycles. The van der Waals surface area contributed by atoms with Crippen molar-refractivity contribution in [3.8, 4) is 11.5 Å². The highest BCUT2D eigenvalue weighted by Crippen LogP contribution is 2.63. The number of benzene rings is 1. The Hall–Kier alpha value is -1.73. The topological polar surface area (TPSA) is 99.1 Å². The number of hydrogen-bond donors (Lipinski definition) is 2. The maximum Gasteiger partial charge on any atom is 0.434 e. The predicted octanol–water partition coefficient (Wildman–Crippen LogP) is -0.768. The molecule has 1 aromatic rings. The average molecular weight is 250 g/mol. The lowest BCUT2D eigenvalue weighted by Crippen LogP contribution is -2.46. The minimum atomic E-state index is -3.00. The van der Waals surface area contributed by atoms with Crippen molar-refractivity contribution >= 4 is 12.7 Å². The maximum absolute atomic E-state index is 11.2. The van der Waals surface area contributed by atoms with Crippen LogP contribution in [0.2, 0.25) is 5.82 Å². The zero-order chi connectivity index (χ0) is 13.1. The minimum absolute atomic E-state index is 0.0434. The molecule has 0 bridgehead atoms. The van der Waals surface area contributed by atoms with E-state index < -0.39 is 12.7 Å². The molecule has 96 valence electrons. The van der Waals surface area contributed by atoms with Crippen LogP contribution in [0.3, 0.4) is 0 Å². The molecule has 0 unspecified atom stereocenters. The Morgan fingerprint density at radius 1 is 1.56 bits per heavy atom. The standard InChI is InChI=1S/C11H12BO6/c1-17-8-3-2-5-6-4-7(6)12(15,16)18-10(5)9(8)11(13)14/h2-3,6-7,15-16H,4H2,1H3,(H,13,14)/q-1/p-1/t6-,7-/m1/s1. The molecule has 0 spiro atoms. The first kappa shape index (κ1) is 11.4. The Labute approximate surface area is 103 Å². The second kappa shape index (κ2) is 3.40. The summed E-state index contributed by atoms with van der Waals surface area (Å²) in [4.78, 5) is 11.2. The van der Waals surface area contributed by atoms with Crippen molar-refractivity contribution in [1.29, 1.82) is 0 Å².